The summed E-state index contributed by atoms with van der Waals surface area (Å²) in [4.78, 5) is 12.6. The van der Waals surface area contributed by atoms with Crippen molar-refractivity contribution in [3.63, 3.8) is 0 Å². The minimum absolute atomic E-state index is 0.0143. The van der Waals surface area contributed by atoms with Crippen molar-refractivity contribution in [1.29, 1.82) is 0 Å². The van der Waals surface area contributed by atoms with E-state index < -0.39 is 5.92 Å². The number of hydrogen-bond acceptors (Lipinski definition) is 3. The lowest BCUT2D eigenvalue weighted by molar-refractivity contribution is -0.0140. The second-order valence-electron chi connectivity index (χ2n) is 5.25. The molecule has 0 aliphatic heterocycles. The molecule has 2 heterocycles. The monoisotopic (exact) mass is 333 g/mol. The van der Waals surface area contributed by atoms with Crippen molar-refractivity contribution in [2.24, 2.45) is 0 Å². The minimum Gasteiger partial charge on any atom is -0.252 e. The maximum atomic E-state index is 13.9. The van der Waals surface area contributed by atoms with Crippen LogP contribution in [0.3, 0.4) is 0 Å². The molecule has 0 spiro atoms. The number of alkyl halides is 2. The van der Waals surface area contributed by atoms with Crippen molar-refractivity contribution in [3.05, 3.63) is 53.6 Å². The molecule has 0 saturated heterocycles. The molecule has 3 aromatic rings. The van der Waals surface area contributed by atoms with Crippen LogP contribution in [0.1, 0.15) is 25.3 Å². The SMILES string of the molecule is CCCC(F)(F)c1ccc(-c2cnc(Cl)c3nccnc23)cc1. The Labute approximate surface area is 137 Å². The number of fused-ring (bicyclic) bond motifs is 1. The number of halogens is 3. The highest BCUT2D eigenvalue weighted by atomic mass is 35.5. The number of hydrogen-bond donors (Lipinski definition) is 0. The van der Waals surface area contributed by atoms with Crippen molar-refractivity contribution >= 4 is 22.6 Å². The third-order valence-electron chi connectivity index (χ3n) is 3.64. The van der Waals surface area contributed by atoms with Crippen LogP contribution in [0.2, 0.25) is 5.15 Å². The van der Waals surface area contributed by atoms with Crippen LogP contribution in [0.5, 0.6) is 0 Å². The van der Waals surface area contributed by atoms with Gasteiger partial charge in [0.1, 0.15) is 11.0 Å². The summed E-state index contributed by atoms with van der Waals surface area (Å²) in [5.41, 5.74) is 2.56. The maximum absolute atomic E-state index is 13.9. The van der Waals surface area contributed by atoms with E-state index in [0.717, 1.165) is 5.56 Å². The van der Waals surface area contributed by atoms with Gasteiger partial charge in [-0.2, -0.15) is 0 Å². The van der Waals surface area contributed by atoms with Gasteiger partial charge in [-0.25, -0.2) is 18.7 Å². The molecule has 3 rings (SSSR count). The molecule has 0 aliphatic carbocycles. The van der Waals surface area contributed by atoms with Gasteiger partial charge in [0.05, 0.1) is 0 Å². The Kier molecular flexibility index (Phi) is 4.22. The predicted octanol–water partition coefficient (Wildman–Crippen LogP) is 5.24. The van der Waals surface area contributed by atoms with Gasteiger partial charge in [0.15, 0.2) is 5.15 Å². The third kappa shape index (κ3) is 3.01. The van der Waals surface area contributed by atoms with Crippen molar-refractivity contribution in [3.8, 4) is 11.1 Å². The van der Waals surface area contributed by atoms with Gasteiger partial charge < -0.3 is 0 Å². The number of nitrogens with zero attached hydrogens (tertiary/aromatic N) is 3. The molecule has 1 aromatic carbocycles. The second-order valence-corrected chi connectivity index (χ2v) is 5.61. The first-order valence-electron chi connectivity index (χ1n) is 7.27. The van der Waals surface area contributed by atoms with Crippen LogP contribution in [-0.4, -0.2) is 15.0 Å². The molecule has 23 heavy (non-hydrogen) atoms. The van der Waals surface area contributed by atoms with Crippen LogP contribution in [0.15, 0.2) is 42.9 Å². The van der Waals surface area contributed by atoms with Crippen molar-refractivity contribution in [2.45, 2.75) is 25.7 Å². The van der Waals surface area contributed by atoms with E-state index in [0.29, 0.717) is 23.0 Å². The smallest absolute Gasteiger partial charge is 0.252 e. The zero-order chi connectivity index (χ0) is 16.4. The number of benzene rings is 1. The van der Waals surface area contributed by atoms with Gasteiger partial charge >= 0.3 is 0 Å². The minimum atomic E-state index is -2.81. The van der Waals surface area contributed by atoms with E-state index in [4.69, 9.17) is 11.6 Å². The first-order chi connectivity index (χ1) is 11.0. The van der Waals surface area contributed by atoms with Gasteiger partial charge in [0.2, 0.25) is 0 Å². The molecule has 118 valence electrons. The number of aromatic nitrogens is 3. The molecule has 3 nitrogen and oxygen atoms in total. The Bertz CT molecular complexity index is 835. The highest BCUT2D eigenvalue weighted by Gasteiger charge is 2.29. The molecule has 0 radical (unpaired) electrons. The fourth-order valence-corrected chi connectivity index (χ4v) is 2.68. The second kappa shape index (κ2) is 6.16. The zero-order valence-corrected chi connectivity index (χ0v) is 13.2. The highest BCUT2D eigenvalue weighted by molar-refractivity contribution is 6.34. The Morgan fingerprint density at radius 2 is 1.65 bits per heavy atom. The highest BCUT2D eigenvalue weighted by Crippen LogP contribution is 2.35. The lowest BCUT2D eigenvalue weighted by Crippen LogP contribution is -2.12. The number of rotatable bonds is 4. The summed E-state index contributed by atoms with van der Waals surface area (Å²) in [5.74, 6) is -2.81. The van der Waals surface area contributed by atoms with E-state index in [1.165, 1.54) is 18.3 Å². The topological polar surface area (TPSA) is 38.7 Å². The van der Waals surface area contributed by atoms with E-state index in [-0.39, 0.29) is 17.1 Å². The molecule has 0 unspecified atom stereocenters. The van der Waals surface area contributed by atoms with E-state index >= 15 is 0 Å². The molecular weight excluding hydrogens is 320 g/mol. The van der Waals surface area contributed by atoms with Gasteiger partial charge in [-0.1, -0.05) is 49.2 Å². The fraction of sp³-hybridized carbons (Fsp3) is 0.235. The predicted molar refractivity (Wildman–Crippen MR) is 86.6 cm³/mol. The van der Waals surface area contributed by atoms with E-state index in [1.807, 2.05) is 0 Å². The zero-order valence-electron chi connectivity index (χ0n) is 12.4. The molecule has 0 aliphatic rings. The lowest BCUT2D eigenvalue weighted by Gasteiger charge is -2.16. The summed E-state index contributed by atoms with van der Waals surface area (Å²) < 4.78 is 27.9. The first kappa shape index (κ1) is 15.7. The quantitative estimate of drug-likeness (QED) is 0.613. The Morgan fingerprint density at radius 1 is 1.00 bits per heavy atom. The van der Waals surface area contributed by atoms with Gasteiger partial charge in [0, 0.05) is 36.1 Å². The molecule has 0 saturated carbocycles. The molecule has 0 N–H and O–H groups in total. The number of pyridine rings is 1. The molecule has 0 amide bonds. The van der Waals surface area contributed by atoms with E-state index in [1.54, 1.807) is 31.5 Å². The molecule has 6 heteroatoms. The lowest BCUT2D eigenvalue weighted by atomic mass is 9.99. The first-order valence-corrected chi connectivity index (χ1v) is 7.64. The fourth-order valence-electron chi connectivity index (χ4n) is 2.49. The van der Waals surface area contributed by atoms with Crippen molar-refractivity contribution in [1.82, 2.24) is 15.0 Å². The summed E-state index contributed by atoms with van der Waals surface area (Å²) in [7, 11) is 0. The molecule has 2 aromatic heterocycles. The van der Waals surface area contributed by atoms with Crippen LogP contribution in [-0.2, 0) is 5.92 Å². The molecular formula is C17H14ClF2N3. The van der Waals surface area contributed by atoms with Gasteiger partial charge in [-0.05, 0) is 5.56 Å². The van der Waals surface area contributed by atoms with Crippen LogP contribution in [0, 0.1) is 0 Å². The van der Waals surface area contributed by atoms with Crippen molar-refractivity contribution < 1.29 is 8.78 Å². The maximum Gasteiger partial charge on any atom is 0.273 e. The Balaban J connectivity index is 2.05. The molecule has 0 bridgehead atoms. The average Bonchev–Trinajstić information content (AvgIpc) is 2.56. The summed E-state index contributed by atoms with van der Waals surface area (Å²) in [6.45, 7) is 1.74. The Morgan fingerprint density at radius 3 is 2.30 bits per heavy atom. The molecule has 0 fully saturated rings. The van der Waals surface area contributed by atoms with Crippen LogP contribution < -0.4 is 0 Å². The van der Waals surface area contributed by atoms with Crippen LogP contribution >= 0.6 is 11.6 Å². The van der Waals surface area contributed by atoms with Gasteiger partial charge in [-0.3, -0.25) is 4.98 Å². The average molecular weight is 334 g/mol. The summed E-state index contributed by atoms with van der Waals surface area (Å²) in [6, 6.07) is 6.19. The summed E-state index contributed by atoms with van der Waals surface area (Å²) >= 11 is 6.02. The summed E-state index contributed by atoms with van der Waals surface area (Å²) in [5, 5.41) is 0.267. The van der Waals surface area contributed by atoms with Gasteiger partial charge in [0.25, 0.3) is 5.92 Å². The third-order valence-corrected chi connectivity index (χ3v) is 3.91. The normalized spacial score (nSPS) is 11.8. The van der Waals surface area contributed by atoms with Crippen LogP contribution in [0.25, 0.3) is 22.2 Å². The van der Waals surface area contributed by atoms with Gasteiger partial charge in [-0.15, -0.1) is 0 Å². The van der Waals surface area contributed by atoms with Crippen molar-refractivity contribution in [2.75, 3.05) is 0 Å². The van der Waals surface area contributed by atoms with E-state index in [9.17, 15) is 8.78 Å². The molecule has 0 atom stereocenters. The Hall–Kier alpha value is -2.14. The van der Waals surface area contributed by atoms with Crippen LogP contribution in [0.4, 0.5) is 8.78 Å². The van der Waals surface area contributed by atoms with E-state index in [2.05, 4.69) is 15.0 Å². The standard InChI is InChI=1S/C17H14ClF2N3/c1-2-7-17(19,20)12-5-3-11(4-6-12)13-10-23-16(18)15-14(13)21-8-9-22-15/h3-6,8-10H,2,7H2,1H3. The summed E-state index contributed by atoms with van der Waals surface area (Å²) in [6.07, 6.45) is 4.94. The largest absolute Gasteiger partial charge is 0.273 e.